The zero-order valence-electron chi connectivity index (χ0n) is 12.4. The van der Waals surface area contributed by atoms with Crippen LogP contribution in [0.4, 0.5) is 13.2 Å². The van der Waals surface area contributed by atoms with Crippen LogP contribution < -0.4 is 0 Å². The van der Waals surface area contributed by atoms with Crippen molar-refractivity contribution in [1.82, 2.24) is 4.90 Å². The number of carbonyl (C=O) groups excluding carboxylic acids is 1. The van der Waals surface area contributed by atoms with Crippen molar-refractivity contribution in [3.8, 4) is 0 Å². The van der Waals surface area contributed by atoms with Crippen LogP contribution in [0, 0.1) is 23.4 Å². The second-order valence-corrected chi connectivity index (χ2v) is 6.77. The van der Waals surface area contributed by atoms with Crippen LogP contribution in [-0.2, 0) is 6.42 Å². The minimum absolute atomic E-state index is 0.402. The van der Waals surface area contributed by atoms with Crippen molar-refractivity contribution in [1.29, 1.82) is 0 Å². The van der Waals surface area contributed by atoms with Gasteiger partial charge in [-0.2, -0.15) is 0 Å². The van der Waals surface area contributed by atoms with Crippen molar-refractivity contribution in [3.05, 3.63) is 57.5 Å². The summed E-state index contributed by atoms with van der Waals surface area (Å²) in [6.45, 7) is 1.01. The maximum Gasteiger partial charge on any atom is 0.256 e. The summed E-state index contributed by atoms with van der Waals surface area (Å²) in [6.07, 6.45) is 2.64. The Hall–Kier alpha value is -1.82. The summed E-state index contributed by atoms with van der Waals surface area (Å²) in [4.78, 5) is 15.1. The van der Waals surface area contributed by atoms with Crippen LogP contribution in [0.2, 0.25) is 0 Å². The van der Waals surface area contributed by atoms with E-state index in [9.17, 15) is 18.0 Å². The second-order valence-electron chi connectivity index (χ2n) is 5.74. The van der Waals surface area contributed by atoms with Crippen LogP contribution in [0.5, 0.6) is 0 Å². The van der Waals surface area contributed by atoms with E-state index in [-0.39, 0.29) is 0 Å². The summed E-state index contributed by atoms with van der Waals surface area (Å²) in [5, 5.41) is 2.04. The highest BCUT2D eigenvalue weighted by Crippen LogP contribution is 2.25. The third-order valence-corrected chi connectivity index (χ3v) is 5.14. The first-order chi connectivity index (χ1) is 11.1. The Labute approximate surface area is 136 Å². The first-order valence-corrected chi connectivity index (χ1v) is 8.39. The second kappa shape index (κ2) is 6.74. The molecule has 0 spiro atoms. The van der Waals surface area contributed by atoms with Crippen molar-refractivity contribution < 1.29 is 18.0 Å². The van der Waals surface area contributed by atoms with Crippen molar-refractivity contribution in [2.45, 2.75) is 19.3 Å². The summed E-state index contributed by atoms with van der Waals surface area (Å²) >= 11 is 1.72. The molecule has 122 valence electrons. The average molecular weight is 339 g/mol. The van der Waals surface area contributed by atoms with Crippen LogP contribution in [0.1, 0.15) is 28.1 Å². The summed E-state index contributed by atoms with van der Waals surface area (Å²) in [6, 6.07) is 5.91. The first kappa shape index (κ1) is 16.1. The number of likely N-dealkylation sites (tertiary alicyclic amines) is 1. The molecule has 0 N–H and O–H groups in total. The lowest BCUT2D eigenvalue weighted by Crippen LogP contribution is -2.39. The highest BCUT2D eigenvalue weighted by molar-refractivity contribution is 7.09. The SMILES string of the molecule is O=C(c1ccc(F)c(F)c1F)N1CCC(Cc2cccs2)CC1. The number of amides is 1. The molecule has 0 saturated carbocycles. The predicted octanol–water partition coefficient (Wildman–Crippen LogP) is 4.26. The third-order valence-electron chi connectivity index (χ3n) is 4.24. The van der Waals surface area contributed by atoms with Gasteiger partial charge in [0.2, 0.25) is 0 Å². The minimum atomic E-state index is -1.59. The number of rotatable bonds is 3. The molecule has 0 radical (unpaired) electrons. The van der Waals surface area contributed by atoms with Gasteiger partial charge in [-0.3, -0.25) is 4.79 Å². The normalized spacial score (nSPS) is 15.9. The molecule has 1 saturated heterocycles. The fourth-order valence-corrected chi connectivity index (χ4v) is 3.74. The molecular formula is C17H16F3NOS. The molecule has 0 unspecified atom stereocenters. The molecular weight excluding hydrogens is 323 g/mol. The van der Waals surface area contributed by atoms with Crippen molar-refractivity contribution >= 4 is 17.2 Å². The van der Waals surface area contributed by atoms with Crippen LogP contribution in [-0.4, -0.2) is 23.9 Å². The van der Waals surface area contributed by atoms with Gasteiger partial charge in [0, 0.05) is 18.0 Å². The molecule has 1 aliphatic rings. The van der Waals surface area contributed by atoms with E-state index in [1.54, 1.807) is 11.3 Å². The van der Waals surface area contributed by atoms with Crippen molar-refractivity contribution in [2.75, 3.05) is 13.1 Å². The summed E-state index contributed by atoms with van der Waals surface area (Å²) in [7, 11) is 0. The Kier molecular flexibility index (Phi) is 4.71. The summed E-state index contributed by atoms with van der Waals surface area (Å²) < 4.78 is 40.0. The molecule has 0 atom stereocenters. The van der Waals surface area contributed by atoms with E-state index in [1.807, 2.05) is 11.4 Å². The van der Waals surface area contributed by atoms with Crippen molar-refractivity contribution in [2.24, 2.45) is 5.92 Å². The molecule has 1 aromatic carbocycles. The lowest BCUT2D eigenvalue weighted by atomic mass is 9.92. The van der Waals surface area contributed by atoms with Gasteiger partial charge < -0.3 is 4.90 Å². The van der Waals surface area contributed by atoms with Crippen LogP contribution in [0.25, 0.3) is 0 Å². The van der Waals surface area contributed by atoms with Gasteiger partial charge in [0.1, 0.15) is 0 Å². The first-order valence-electron chi connectivity index (χ1n) is 7.51. The van der Waals surface area contributed by atoms with Gasteiger partial charge >= 0.3 is 0 Å². The molecule has 1 aliphatic heterocycles. The number of carbonyl (C=O) groups is 1. The van der Waals surface area contributed by atoms with Gasteiger partial charge in [-0.1, -0.05) is 6.07 Å². The molecule has 2 aromatic rings. The zero-order chi connectivity index (χ0) is 16.4. The van der Waals surface area contributed by atoms with Gasteiger partial charge in [-0.05, 0) is 48.8 Å². The lowest BCUT2D eigenvalue weighted by Gasteiger charge is -2.32. The van der Waals surface area contributed by atoms with Crippen LogP contribution in [0.3, 0.4) is 0 Å². The Bertz CT molecular complexity index is 694. The van der Waals surface area contributed by atoms with E-state index in [1.165, 1.54) is 9.78 Å². The largest absolute Gasteiger partial charge is 0.339 e. The monoisotopic (exact) mass is 339 g/mol. The Morgan fingerprint density at radius 2 is 1.87 bits per heavy atom. The summed E-state index contributed by atoms with van der Waals surface area (Å²) in [5.41, 5.74) is -0.402. The Balaban J connectivity index is 1.63. The quantitative estimate of drug-likeness (QED) is 0.765. The van der Waals surface area contributed by atoms with Crippen molar-refractivity contribution in [3.63, 3.8) is 0 Å². The van der Waals surface area contributed by atoms with Gasteiger partial charge in [0.15, 0.2) is 17.5 Å². The van der Waals surface area contributed by atoms with Gasteiger partial charge in [0.25, 0.3) is 5.91 Å². The topological polar surface area (TPSA) is 20.3 Å². The third kappa shape index (κ3) is 3.42. The number of hydrogen-bond donors (Lipinski definition) is 0. The standard InChI is InChI=1S/C17H16F3NOS/c18-14-4-3-13(15(19)16(14)20)17(22)21-7-5-11(6-8-21)10-12-2-1-9-23-12/h1-4,9,11H,5-8,10H2. The fraction of sp³-hybridized carbons (Fsp3) is 0.353. The zero-order valence-corrected chi connectivity index (χ0v) is 13.2. The van der Waals surface area contributed by atoms with E-state index in [4.69, 9.17) is 0 Å². The lowest BCUT2D eigenvalue weighted by molar-refractivity contribution is 0.0684. The van der Waals surface area contributed by atoms with E-state index in [0.29, 0.717) is 19.0 Å². The Morgan fingerprint density at radius 3 is 2.52 bits per heavy atom. The molecule has 23 heavy (non-hydrogen) atoms. The van der Waals surface area contributed by atoms with E-state index >= 15 is 0 Å². The molecule has 0 bridgehead atoms. The van der Waals surface area contributed by atoms with E-state index in [2.05, 4.69) is 6.07 Å². The molecule has 2 heterocycles. The highest BCUT2D eigenvalue weighted by atomic mass is 32.1. The average Bonchev–Trinajstić information content (AvgIpc) is 3.06. The Morgan fingerprint density at radius 1 is 1.13 bits per heavy atom. The number of halogens is 3. The molecule has 1 amide bonds. The van der Waals surface area contributed by atoms with Gasteiger partial charge in [-0.25, -0.2) is 13.2 Å². The van der Waals surface area contributed by atoms with Gasteiger partial charge in [0.05, 0.1) is 5.56 Å². The molecule has 1 fully saturated rings. The fourth-order valence-electron chi connectivity index (χ4n) is 2.91. The molecule has 3 rings (SSSR count). The maximum atomic E-state index is 13.7. The minimum Gasteiger partial charge on any atom is -0.339 e. The van der Waals surface area contributed by atoms with E-state index < -0.39 is 28.9 Å². The molecule has 6 heteroatoms. The van der Waals surface area contributed by atoms with E-state index in [0.717, 1.165) is 31.4 Å². The number of thiophene rings is 1. The maximum absolute atomic E-state index is 13.7. The molecule has 2 nitrogen and oxygen atoms in total. The number of benzene rings is 1. The van der Waals surface area contributed by atoms with Crippen LogP contribution >= 0.6 is 11.3 Å². The number of nitrogens with zero attached hydrogens (tertiary/aromatic N) is 1. The number of hydrogen-bond acceptors (Lipinski definition) is 2. The van der Waals surface area contributed by atoms with Gasteiger partial charge in [-0.15, -0.1) is 11.3 Å². The molecule has 1 aromatic heterocycles. The highest BCUT2D eigenvalue weighted by Gasteiger charge is 2.27. The smallest absolute Gasteiger partial charge is 0.256 e. The summed E-state index contributed by atoms with van der Waals surface area (Å²) in [5.74, 6) is -4.36. The number of piperidine rings is 1. The molecule has 0 aliphatic carbocycles. The predicted molar refractivity (Wildman–Crippen MR) is 83.0 cm³/mol. The van der Waals surface area contributed by atoms with Crippen LogP contribution in [0.15, 0.2) is 29.6 Å².